The second-order valence-corrected chi connectivity index (χ2v) is 5.07. The van der Waals surface area contributed by atoms with Gasteiger partial charge in [-0.1, -0.05) is 30.2 Å². The van der Waals surface area contributed by atoms with Crippen molar-refractivity contribution >= 4 is 17.6 Å². The Kier molecular flexibility index (Phi) is 4.06. The lowest BCUT2D eigenvalue weighted by atomic mass is 9.87. The molecule has 1 saturated carbocycles. The van der Waals surface area contributed by atoms with E-state index in [0.717, 1.165) is 17.9 Å². The van der Waals surface area contributed by atoms with E-state index in [2.05, 4.69) is 12.1 Å². The zero-order valence-electron chi connectivity index (χ0n) is 9.99. The highest BCUT2D eigenvalue weighted by molar-refractivity contribution is 6.30. The maximum Gasteiger partial charge on any atom is 0.305 e. The molecule has 0 N–H and O–H groups in total. The van der Waals surface area contributed by atoms with Crippen molar-refractivity contribution in [1.82, 2.24) is 0 Å². The predicted molar refractivity (Wildman–Crippen MR) is 68.2 cm³/mol. The number of carbonyl (C=O) groups is 1. The van der Waals surface area contributed by atoms with Crippen LogP contribution < -0.4 is 0 Å². The number of benzene rings is 1. The summed E-state index contributed by atoms with van der Waals surface area (Å²) < 4.78 is 4.76. The van der Waals surface area contributed by atoms with Crippen LogP contribution in [0, 0.1) is 5.92 Å². The summed E-state index contributed by atoms with van der Waals surface area (Å²) in [7, 11) is 1.45. The first-order valence-corrected chi connectivity index (χ1v) is 6.41. The Morgan fingerprint density at radius 1 is 1.35 bits per heavy atom. The summed E-state index contributed by atoms with van der Waals surface area (Å²) in [5, 5.41) is 0.760. The summed E-state index contributed by atoms with van der Waals surface area (Å²) >= 11 is 5.89. The zero-order chi connectivity index (χ0) is 12.3. The molecule has 2 nitrogen and oxygen atoms in total. The largest absolute Gasteiger partial charge is 0.469 e. The fourth-order valence-corrected chi connectivity index (χ4v) is 2.85. The minimum atomic E-state index is -0.101. The Bertz CT molecular complexity index is 386. The number of ether oxygens (including phenoxy) is 1. The average Bonchev–Trinajstić information content (AvgIpc) is 2.78. The van der Waals surface area contributed by atoms with Crippen LogP contribution in [0.1, 0.15) is 37.2 Å². The van der Waals surface area contributed by atoms with Crippen LogP contribution in [0.4, 0.5) is 0 Å². The highest BCUT2D eigenvalue weighted by Gasteiger charge is 2.30. The Morgan fingerprint density at radius 3 is 2.71 bits per heavy atom. The monoisotopic (exact) mass is 252 g/mol. The van der Waals surface area contributed by atoms with Gasteiger partial charge in [-0.3, -0.25) is 4.79 Å². The van der Waals surface area contributed by atoms with E-state index in [9.17, 15) is 4.79 Å². The van der Waals surface area contributed by atoms with E-state index in [0.29, 0.717) is 18.3 Å². The molecule has 0 radical (unpaired) electrons. The van der Waals surface area contributed by atoms with E-state index >= 15 is 0 Å². The lowest BCUT2D eigenvalue weighted by molar-refractivity contribution is -0.141. The first-order valence-electron chi connectivity index (χ1n) is 6.03. The van der Waals surface area contributed by atoms with Crippen molar-refractivity contribution in [3.05, 3.63) is 34.9 Å². The lowest BCUT2D eigenvalue weighted by Gasteiger charge is -2.18. The molecule has 17 heavy (non-hydrogen) atoms. The molecule has 2 rings (SSSR count). The summed E-state index contributed by atoms with van der Waals surface area (Å²) in [4.78, 5) is 11.4. The van der Waals surface area contributed by atoms with Gasteiger partial charge in [-0.2, -0.15) is 0 Å². The molecule has 2 unspecified atom stereocenters. The third-order valence-corrected chi connectivity index (χ3v) is 3.87. The number of hydrogen-bond donors (Lipinski definition) is 0. The van der Waals surface area contributed by atoms with E-state index in [-0.39, 0.29) is 5.97 Å². The van der Waals surface area contributed by atoms with Crippen LogP contribution in [0.5, 0.6) is 0 Å². The van der Waals surface area contributed by atoms with Gasteiger partial charge in [-0.15, -0.1) is 0 Å². The SMILES string of the molecule is COC(=O)CC1CCCC1c1ccc(Cl)cc1. The van der Waals surface area contributed by atoms with Gasteiger partial charge in [-0.25, -0.2) is 0 Å². The molecule has 0 heterocycles. The number of rotatable bonds is 3. The van der Waals surface area contributed by atoms with Crippen molar-refractivity contribution in [3.63, 3.8) is 0 Å². The van der Waals surface area contributed by atoms with Crippen LogP contribution >= 0.6 is 11.6 Å². The van der Waals surface area contributed by atoms with E-state index < -0.39 is 0 Å². The quantitative estimate of drug-likeness (QED) is 0.765. The number of esters is 1. The summed E-state index contributed by atoms with van der Waals surface area (Å²) in [6, 6.07) is 7.99. The third-order valence-electron chi connectivity index (χ3n) is 3.61. The fraction of sp³-hybridized carbons (Fsp3) is 0.500. The fourth-order valence-electron chi connectivity index (χ4n) is 2.73. The van der Waals surface area contributed by atoms with Gasteiger partial charge in [0.25, 0.3) is 0 Å². The first-order chi connectivity index (χ1) is 8.20. The molecule has 0 saturated heterocycles. The van der Waals surface area contributed by atoms with Crippen molar-refractivity contribution in [1.29, 1.82) is 0 Å². The Morgan fingerprint density at radius 2 is 2.06 bits per heavy atom. The van der Waals surface area contributed by atoms with Crippen molar-refractivity contribution in [2.75, 3.05) is 7.11 Å². The molecule has 1 aliphatic rings. The summed E-state index contributed by atoms with van der Waals surface area (Å²) in [5.74, 6) is 0.797. The molecular formula is C14H17ClO2. The minimum absolute atomic E-state index is 0.101. The van der Waals surface area contributed by atoms with Gasteiger partial charge in [0, 0.05) is 11.4 Å². The summed E-state index contributed by atoms with van der Waals surface area (Å²) in [6.07, 6.45) is 3.99. The maximum absolute atomic E-state index is 11.4. The van der Waals surface area contributed by atoms with Crippen molar-refractivity contribution < 1.29 is 9.53 Å². The van der Waals surface area contributed by atoms with Crippen LogP contribution in [-0.2, 0) is 9.53 Å². The first kappa shape index (κ1) is 12.4. The van der Waals surface area contributed by atoms with Gasteiger partial charge in [0.2, 0.25) is 0 Å². The molecule has 0 amide bonds. The molecule has 3 heteroatoms. The van der Waals surface area contributed by atoms with Crippen LogP contribution in [0.25, 0.3) is 0 Å². The normalized spacial score (nSPS) is 23.6. The standard InChI is InChI=1S/C14H17ClO2/c1-17-14(16)9-11-3-2-4-13(11)10-5-7-12(15)8-6-10/h5-8,11,13H,2-4,9H2,1H3. The Hall–Kier alpha value is -1.02. The maximum atomic E-state index is 11.4. The van der Waals surface area contributed by atoms with E-state index in [1.54, 1.807) is 0 Å². The molecule has 0 aromatic heterocycles. The van der Waals surface area contributed by atoms with Crippen LogP contribution in [0.3, 0.4) is 0 Å². The van der Waals surface area contributed by atoms with Gasteiger partial charge in [0.05, 0.1) is 7.11 Å². The summed E-state index contributed by atoms with van der Waals surface area (Å²) in [5.41, 5.74) is 1.29. The Labute approximate surface area is 107 Å². The number of methoxy groups -OCH3 is 1. The molecule has 0 aliphatic heterocycles. The topological polar surface area (TPSA) is 26.3 Å². The molecule has 1 aliphatic carbocycles. The molecule has 1 aromatic rings. The predicted octanol–water partition coefficient (Wildman–Crippen LogP) is 3.79. The van der Waals surface area contributed by atoms with E-state index in [1.807, 2.05) is 12.1 Å². The van der Waals surface area contributed by atoms with Crippen LogP contribution in [-0.4, -0.2) is 13.1 Å². The molecule has 0 bridgehead atoms. The zero-order valence-corrected chi connectivity index (χ0v) is 10.7. The number of halogens is 1. The van der Waals surface area contributed by atoms with Gasteiger partial charge in [0.15, 0.2) is 0 Å². The second-order valence-electron chi connectivity index (χ2n) is 4.63. The minimum Gasteiger partial charge on any atom is -0.469 e. The molecule has 92 valence electrons. The van der Waals surface area contributed by atoms with E-state index in [4.69, 9.17) is 16.3 Å². The molecular weight excluding hydrogens is 236 g/mol. The second kappa shape index (κ2) is 5.54. The number of hydrogen-bond acceptors (Lipinski definition) is 2. The smallest absolute Gasteiger partial charge is 0.305 e. The van der Waals surface area contributed by atoms with E-state index in [1.165, 1.54) is 19.1 Å². The average molecular weight is 253 g/mol. The Balaban J connectivity index is 2.08. The highest BCUT2D eigenvalue weighted by atomic mass is 35.5. The molecule has 1 aromatic carbocycles. The van der Waals surface area contributed by atoms with Crippen molar-refractivity contribution in [3.8, 4) is 0 Å². The lowest BCUT2D eigenvalue weighted by Crippen LogP contribution is -2.13. The van der Waals surface area contributed by atoms with Gasteiger partial charge in [-0.05, 0) is 42.4 Å². The molecule has 1 fully saturated rings. The van der Waals surface area contributed by atoms with Crippen LogP contribution in [0.15, 0.2) is 24.3 Å². The summed E-state index contributed by atoms with van der Waals surface area (Å²) in [6.45, 7) is 0. The van der Waals surface area contributed by atoms with Gasteiger partial charge in [0.1, 0.15) is 0 Å². The number of carbonyl (C=O) groups excluding carboxylic acids is 1. The van der Waals surface area contributed by atoms with Gasteiger partial charge >= 0.3 is 5.97 Å². The van der Waals surface area contributed by atoms with Crippen molar-refractivity contribution in [2.45, 2.75) is 31.6 Å². The molecule has 2 atom stereocenters. The molecule has 0 spiro atoms. The highest BCUT2D eigenvalue weighted by Crippen LogP contribution is 2.41. The van der Waals surface area contributed by atoms with Crippen molar-refractivity contribution in [2.24, 2.45) is 5.92 Å². The van der Waals surface area contributed by atoms with Gasteiger partial charge < -0.3 is 4.74 Å². The third kappa shape index (κ3) is 3.01. The van der Waals surface area contributed by atoms with Crippen LogP contribution in [0.2, 0.25) is 5.02 Å².